The van der Waals surface area contributed by atoms with E-state index in [1.807, 2.05) is 6.07 Å². The van der Waals surface area contributed by atoms with E-state index in [4.69, 9.17) is 5.73 Å². The lowest BCUT2D eigenvalue weighted by Gasteiger charge is -2.14. The third-order valence-electron chi connectivity index (χ3n) is 5.14. The number of nitrogen functional groups attached to an aromatic ring is 1. The Morgan fingerprint density at radius 2 is 1.21 bits per heavy atom. The van der Waals surface area contributed by atoms with E-state index < -0.39 is 36.7 Å². The maximum absolute atomic E-state index is 12.2. The summed E-state index contributed by atoms with van der Waals surface area (Å²) in [5.41, 5.74) is 4.66. The highest BCUT2D eigenvalue weighted by atomic mass is 32.3. The number of anilines is 5. The number of nitrogens with one attached hydrogen (secondary N) is 2. The zero-order valence-electron chi connectivity index (χ0n) is 21.0. The molecule has 0 aliphatic carbocycles. The minimum atomic E-state index is -3.82. The summed E-state index contributed by atoms with van der Waals surface area (Å²) in [5.74, 6) is -0.860. The first-order chi connectivity index (χ1) is 18.1. The molecule has 17 heteroatoms. The molecule has 39 heavy (non-hydrogen) atoms. The Bertz CT molecular complexity index is 1770. The van der Waals surface area contributed by atoms with Crippen molar-refractivity contribution >= 4 is 71.2 Å². The number of thiophene rings is 2. The first kappa shape index (κ1) is 30.1. The fourth-order valence-corrected chi connectivity index (χ4v) is 7.63. The molecule has 0 spiro atoms. The zero-order valence-corrected chi connectivity index (χ0v) is 24.3. The Labute approximate surface area is 232 Å². The summed E-state index contributed by atoms with van der Waals surface area (Å²) in [5, 5.41) is 27.8. The summed E-state index contributed by atoms with van der Waals surface area (Å²) in [6.07, 6.45) is 0. The summed E-state index contributed by atoms with van der Waals surface area (Å²) in [4.78, 5) is 23.7. The van der Waals surface area contributed by atoms with Crippen LogP contribution in [-0.2, 0) is 20.0 Å². The molecular formula is C22H25N5O8S4. The van der Waals surface area contributed by atoms with Crippen LogP contribution in [0.15, 0.2) is 59.1 Å². The quantitative estimate of drug-likeness (QED) is 0.182. The first-order valence-corrected chi connectivity index (χ1v) is 15.4. The molecule has 2 heterocycles. The van der Waals surface area contributed by atoms with Crippen molar-refractivity contribution in [3.05, 3.63) is 61.5 Å². The van der Waals surface area contributed by atoms with Crippen LogP contribution in [0, 0.1) is 0 Å². The standard InChI is InChI=1S/C16H15N3O5S2.C6H10N2O3S2/c1-19(2)26(23,24)16-13(20)10(8-25-16)18-12-11(14(21)15(12)22)17-9-6-4-3-5-7-9;1-8(2)13(10,11)6-5(9)4(7)3-12-6/h3-8,17-18,20H,1-2H3;3,9H,7H2,1-2H3. The lowest BCUT2D eigenvalue weighted by Crippen LogP contribution is -2.35. The van der Waals surface area contributed by atoms with Gasteiger partial charge in [0.2, 0.25) is 0 Å². The Morgan fingerprint density at radius 3 is 1.67 bits per heavy atom. The Morgan fingerprint density at radius 1 is 0.744 bits per heavy atom. The molecule has 0 bridgehead atoms. The van der Waals surface area contributed by atoms with Crippen LogP contribution in [0.3, 0.4) is 0 Å². The van der Waals surface area contributed by atoms with Crippen molar-refractivity contribution in [2.75, 3.05) is 44.6 Å². The van der Waals surface area contributed by atoms with E-state index in [9.17, 15) is 36.6 Å². The van der Waals surface area contributed by atoms with Crippen molar-refractivity contribution in [1.82, 2.24) is 8.61 Å². The van der Waals surface area contributed by atoms with E-state index in [2.05, 4.69) is 10.6 Å². The SMILES string of the molecule is CN(C)S(=O)(=O)c1scc(N)c1O.CN(C)S(=O)(=O)c1scc(Nc2c(Nc3ccccc3)c(=O)c2=O)c1O. The maximum Gasteiger partial charge on any atom is 0.255 e. The number of para-hydroxylation sites is 1. The van der Waals surface area contributed by atoms with Crippen molar-refractivity contribution < 1.29 is 27.0 Å². The summed E-state index contributed by atoms with van der Waals surface area (Å²) in [7, 11) is -1.90. The third-order valence-corrected chi connectivity index (χ3v) is 11.8. The minimum Gasteiger partial charge on any atom is -0.504 e. The summed E-state index contributed by atoms with van der Waals surface area (Å²) >= 11 is 1.72. The summed E-state index contributed by atoms with van der Waals surface area (Å²) in [6.45, 7) is 0. The topological polar surface area (TPSA) is 199 Å². The number of benzene rings is 1. The Hall–Kier alpha value is -3.48. The average Bonchev–Trinajstić information content (AvgIpc) is 3.43. The van der Waals surface area contributed by atoms with Crippen LogP contribution in [0.2, 0.25) is 0 Å². The second-order valence-corrected chi connectivity index (χ2v) is 14.7. The molecule has 6 N–H and O–H groups in total. The van der Waals surface area contributed by atoms with Crippen LogP contribution >= 0.6 is 22.7 Å². The maximum atomic E-state index is 12.2. The molecule has 0 saturated carbocycles. The number of aromatic hydroxyl groups is 2. The average molecular weight is 616 g/mol. The van der Waals surface area contributed by atoms with Gasteiger partial charge in [0, 0.05) is 44.6 Å². The molecule has 4 aromatic rings. The molecule has 0 atom stereocenters. The van der Waals surface area contributed by atoms with Crippen LogP contribution in [-0.4, -0.2) is 63.8 Å². The molecule has 210 valence electrons. The zero-order chi connectivity index (χ0) is 29.3. The van der Waals surface area contributed by atoms with Gasteiger partial charge in [-0.2, -0.15) is 0 Å². The van der Waals surface area contributed by atoms with Gasteiger partial charge in [-0.1, -0.05) is 18.2 Å². The highest BCUT2D eigenvalue weighted by Gasteiger charge is 2.28. The molecule has 0 radical (unpaired) electrons. The molecule has 0 fully saturated rings. The molecule has 2 aromatic carbocycles. The number of sulfonamides is 2. The number of rotatable bonds is 8. The highest BCUT2D eigenvalue weighted by Crippen LogP contribution is 2.40. The lowest BCUT2D eigenvalue weighted by molar-refractivity contribution is 0.459. The van der Waals surface area contributed by atoms with E-state index in [0.717, 1.165) is 31.3 Å². The molecule has 0 saturated heterocycles. The monoisotopic (exact) mass is 615 g/mol. The van der Waals surface area contributed by atoms with Crippen LogP contribution in [0.4, 0.5) is 28.4 Å². The van der Waals surface area contributed by atoms with Gasteiger partial charge in [0.15, 0.2) is 19.9 Å². The molecule has 0 amide bonds. The van der Waals surface area contributed by atoms with Gasteiger partial charge in [-0.25, -0.2) is 25.4 Å². The van der Waals surface area contributed by atoms with Crippen LogP contribution in [0.5, 0.6) is 11.5 Å². The van der Waals surface area contributed by atoms with Crippen molar-refractivity contribution in [3.63, 3.8) is 0 Å². The van der Waals surface area contributed by atoms with E-state index in [1.54, 1.807) is 24.3 Å². The predicted octanol–water partition coefficient (Wildman–Crippen LogP) is 2.07. The number of hydrogen-bond donors (Lipinski definition) is 5. The fourth-order valence-electron chi connectivity index (χ4n) is 2.90. The van der Waals surface area contributed by atoms with E-state index in [-0.39, 0.29) is 36.9 Å². The Balaban J connectivity index is 0.000000272. The van der Waals surface area contributed by atoms with Gasteiger partial charge >= 0.3 is 0 Å². The third kappa shape index (κ3) is 5.92. The second kappa shape index (κ2) is 11.3. The molecular weight excluding hydrogens is 591 g/mol. The van der Waals surface area contributed by atoms with Gasteiger partial charge in [0.25, 0.3) is 30.9 Å². The minimum absolute atomic E-state index is 0.0271. The van der Waals surface area contributed by atoms with Crippen molar-refractivity contribution in [2.45, 2.75) is 8.42 Å². The van der Waals surface area contributed by atoms with Crippen LogP contribution in [0.25, 0.3) is 0 Å². The van der Waals surface area contributed by atoms with Gasteiger partial charge in [0.05, 0.1) is 11.4 Å². The van der Waals surface area contributed by atoms with E-state index >= 15 is 0 Å². The van der Waals surface area contributed by atoms with Crippen LogP contribution in [0.1, 0.15) is 0 Å². The summed E-state index contributed by atoms with van der Waals surface area (Å²) < 4.78 is 48.9. The second-order valence-electron chi connectivity index (χ2n) is 8.21. The number of hydrogen-bond acceptors (Lipinski definition) is 13. The molecule has 13 nitrogen and oxygen atoms in total. The smallest absolute Gasteiger partial charge is 0.255 e. The lowest BCUT2D eigenvalue weighted by atomic mass is 10.1. The Kier molecular flexibility index (Phi) is 8.73. The predicted molar refractivity (Wildman–Crippen MR) is 152 cm³/mol. The fraction of sp³-hybridized carbons (Fsp3) is 0.182. The summed E-state index contributed by atoms with van der Waals surface area (Å²) in [6, 6.07) is 8.80. The van der Waals surface area contributed by atoms with Gasteiger partial charge in [-0.3, -0.25) is 9.59 Å². The van der Waals surface area contributed by atoms with E-state index in [0.29, 0.717) is 5.69 Å². The van der Waals surface area contributed by atoms with Crippen LogP contribution < -0.4 is 27.2 Å². The van der Waals surface area contributed by atoms with E-state index in [1.165, 1.54) is 39.0 Å². The van der Waals surface area contributed by atoms with Gasteiger partial charge in [-0.05, 0) is 12.1 Å². The van der Waals surface area contributed by atoms with Gasteiger partial charge < -0.3 is 26.6 Å². The molecule has 2 aromatic heterocycles. The van der Waals surface area contributed by atoms with Gasteiger partial charge in [-0.15, -0.1) is 22.7 Å². The molecule has 0 aliphatic heterocycles. The number of nitrogens with zero attached hydrogens (tertiary/aromatic N) is 2. The normalized spacial score (nSPS) is 11.9. The van der Waals surface area contributed by atoms with Crippen molar-refractivity contribution in [3.8, 4) is 11.5 Å². The van der Waals surface area contributed by atoms with Gasteiger partial charge in [0.1, 0.15) is 11.4 Å². The largest absolute Gasteiger partial charge is 0.504 e. The highest BCUT2D eigenvalue weighted by molar-refractivity contribution is 7.91. The molecule has 0 unspecified atom stereocenters. The van der Waals surface area contributed by atoms with Crippen molar-refractivity contribution in [2.24, 2.45) is 0 Å². The molecule has 4 rings (SSSR count). The number of nitrogens with two attached hydrogens (primary N) is 1. The molecule has 0 aliphatic rings. The van der Waals surface area contributed by atoms with Crippen molar-refractivity contribution in [1.29, 1.82) is 0 Å². The first-order valence-electron chi connectivity index (χ1n) is 10.7.